The second-order valence-electron chi connectivity index (χ2n) is 5.85. The van der Waals surface area contributed by atoms with E-state index in [1.54, 1.807) is 6.08 Å². The van der Waals surface area contributed by atoms with Crippen molar-refractivity contribution in [2.75, 3.05) is 11.7 Å². The van der Waals surface area contributed by atoms with E-state index in [2.05, 4.69) is 0 Å². The first-order chi connectivity index (χ1) is 12.9. The zero-order chi connectivity index (χ0) is 19.1. The number of nitrogens with zero attached hydrogens (tertiary/aromatic N) is 2. The summed E-state index contributed by atoms with van der Waals surface area (Å²) in [5.74, 6) is 1.05. The number of thioether (sulfide) groups is 1. The Morgan fingerprint density at radius 2 is 1.89 bits per heavy atom. The smallest absolute Gasteiger partial charge is 0.270 e. The zero-order valence-electron chi connectivity index (χ0n) is 14.0. The number of thiocarbonyl (C=S) groups is 1. The highest BCUT2D eigenvalue weighted by Crippen LogP contribution is 2.39. The molecule has 9 heteroatoms. The van der Waals surface area contributed by atoms with Crippen LogP contribution in [0.15, 0.2) is 41.3 Å². The molecule has 0 saturated carbocycles. The van der Waals surface area contributed by atoms with Crippen LogP contribution in [0, 0.1) is 17.0 Å². The molecule has 136 valence electrons. The summed E-state index contributed by atoms with van der Waals surface area (Å²) >= 11 is 6.53. The number of ether oxygens (including phenoxy) is 2. The van der Waals surface area contributed by atoms with Gasteiger partial charge in [-0.3, -0.25) is 19.8 Å². The van der Waals surface area contributed by atoms with Crippen LogP contribution in [0.3, 0.4) is 0 Å². The first-order valence-electron chi connectivity index (χ1n) is 7.87. The molecule has 0 atom stereocenters. The molecular weight excluding hydrogens is 388 g/mol. The fourth-order valence-electron chi connectivity index (χ4n) is 2.77. The van der Waals surface area contributed by atoms with Gasteiger partial charge in [-0.2, -0.15) is 0 Å². The maximum Gasteiger partial charge on any atom is 0.270 e. The summed E-state index contributed by atoms with van der Waals surface area (Å²) in [7, 11) is 0. The molecule has 0 unspecified atom stereocenters. The van der Waals surface area contributed by atoms with Crippen molar-refractivity contribution < 1.29 is 19.2 Å². The number of rotatable bonds is 3. The third-order valence-corrected chi connectivity index (χ3v) is 5.46. The molecule has 2 aromatic rings. The van der Waals surface area contributed by atoms with Gasteiger partial charge in [0.1, 0.15) is 0 Å². The Morgan fingerprint density at radius 1 is 1.22 bits per heavy atom. The molecule has 0 bridgehead atoms. The molecule has 2 heterocycles. The van der Waals surface area contributed by atoms with Crippen molar-refractivity contribution in [2.45, 2.75) is 6.92 Å². The van der Waals surface area contributed by atoms with Crippen molar-refractivity contribution in [1.29, 1.82) is 0 Å². The number of anilines is 1. The van der Waals surface area contributed by atoms with Crippen molar-refractivity contribution in [3.8, 4) is 11.5 Å². The van der Waals surface area contributed by atoms with Crippen LogP contribution in [0.2, 0.25) is 0 Å². The highest BCUT2D eigenvalue weighted by atomic mass is 32.2. The van der Waals surface area contributed by atoms with E-state index in [0.717, 1.165) is 11.1 Å². The van der Waals surface area contributed by atoms with Crippen molar-refractivity contribution in [1.82, 2.24) is 0 Å². The molecule has 1 fully saturated rings. The van der Waals surface area contributed by atoms with E-state index in [0.29, 0.717) is 26.4 Å². The predicted octanol–water partition coefficient (Wildman–Crippen LogP) is 4.04. The molecule has 7 nitrogen and oxygen atoms in total. The van der Waals surface area contributed by atoms with Crippen molar-refractivity contribution in [2.24, 2.45) is 0 Å². The number of carbonyl (C=O) groups is 1. The first-order valence-corrected chi connectivity index (χ1v) is 9.09. The quantitative estimate of drug-likeness (QED) is 0.333. The molecule has 0 aliphatic carbocycles. The molecule has 2 aliphatic rings. The van der Waals surface area contributed by atoms with Crippen molar-refractivity contribution in [3.05, 3.63) is 62.5 Å². The molecule has 4 rings (SSSR count). The van der Waals surface area contributed by atoms with Crippen LogP contribution in [0.5, 0.6) is 11.5 Å². The summed E-state index contributed by atoms with van der Waals surface area (Å²) in [4.78, 5) is 25.0. The maximum atomic E-state index is 12.8. The van der Waals surface area contributed by atoms with Crippen LogP contribution in [0.1, 0.15) is 11.1 Å². The normalized spacial score (nSPS) is 17.1. The van der Waals surface area contributed by atoms with Gasteiger partial charge in [0, 0.05) is 12.1 Å². The summed E-state index contributed by atoms with van der Waals surface area (Å²) < 4.78 is 11.1. The van der Waals surface area contributed by atoms with Crippen molar-refractivity contribution >= 4 is 51.7 Å². The fourth-order valence-corrected chi connectivity index (χ4v) is 4.06. The van der Waals surface area contributed by atoms with Crippen molar-refractivity contribution in [3.63, 3.8) is 0 Å². The zero-order valence-corrected chi connectivity index (χ0v) is 15.6. The molecule has 1 amide bonds. The average molecular weight is 400 g/mol. The molecule has 0 radical (unpaired) electrons. The molecular formula is C18H12N2O5S2. The van der Waals surface area contributed by atoms with E-state index in [9.17, 15) is 14.9 Å². The molecule has 0 spiro atoms. The van der Waals surface area contributed by atoms with E-state index in [-0.39, 0.29) is 18.4 Å². The Labute approximate surface area is 163 Å². The molecule has 1 saturated heterocycles. The van der Waals surface area contributed by atoms with E-state index >= 15 is 0 Å². The second-order valence-corrected chi connectivity index (χ2v) is 7.53. The van der Waals surface area contributed by atoms with Gasteiger partial charge < -0.3 is 9.47 Å². The Hall–Kier alpha value is -2.91. The minimum absolute atomic E-state index is 0.0456. The number of nitro benzene ring substituents is 1. The number of hydrogen-bond acceptors (Lipinski definition) is 7. The monoisotopic (exact) mass is 400 g/mol. The predicted molar refractivity (Wildman–Crippen MR) is 106 cm³/mol. The van der Waals surface area contributed by atoms with Crippen LogP contribution >= 0.6 is 24.0 Å². The van der Waals surface area contributed by atoms with Gasteiger partial charge in [-0.15, -0.1) is 0 Å². The van der Waals surface area contributed by atoms with E-state index in [1.165, 1.54) is 40.9 Å². The van der Waals surface area contributed by atoms with Gasteiger partial charge in [-0.1, -0.05) is 24.0 Å². The Kier molecular flexibility index (Phi) is 4.33. The minimum Gasteiger partial charge on any atom is -0.454 e. The van der Waals surface area contributed by atoms with E-state index < -0.39 is 4.92 Å². The average Bonchev–Trinajstić information content (AvgIpc) is 3.19. The molecule has 27 heavy (non-hydrogen) atoms. The lowest BCUT2D eigenvalue weighted by molar-refractivity contribution is -0.384. The number of hydrogen-bond donors (Lipinski definition) is 0. The maximum absolute atomic E-state index is 12.8. The lowest BCUT2D eigenvalue weighted by Gasteiger charge is -2.14. The third-order valence-electron chi connectivity index (χ3n) is 4.16. The van der Waals surface area contributed by atoms with Gasteiger partial charge in [0.2, 0.25) is 6.79 Å². The fraction of sp³-hybridized carbons (Fsp3) is 0.111. The molecule has 2 aliphatic heterocycles. The molecule has 0 N–H and O–H groups in total. The number of fused-ring (bicyclic) bond motifs is 1. The van der Waals surface area contributed by atoms with Gasteiger partial charge in [-0.25, -0.2) is 0 Å². The molecule has 0 aromatic heterocycles. The number of aryl methyl sites for hydroxylation is 1. The lowest BCUT2D eigenvalue weighted by atomic mass is 10.1. The van der Waals surface area contributed by atoms with Gasteiger partial charge >= 0.3 is 0 Å². The van der Waals surface area contributed by atoms with Gasteiger partial charge in [0.25, 0.3) is 11.6 Å². The number of amides is 1. The number of carbonyl (C=O) groups excluding carboxylic acids is 1. The van der Waals surface area contributed by atoms with Crippen LogP contribution in [-0.4, -0.2) is 21.9 Å². The third kappa shape index (κ3) is 3.15. The Balaban J connectivity index is 1.65. The van der Waals surface area contributed by atoms with Crippen LogP contribution in [0.4, 0.5) is 11.4 Å². The summed E-state index contributed by atoms with van der Waals surface area (Å²) in [5.41, 5.74) is 2.23. The number of non-ortho nitro benzene ring substituents is 1. The SMILES string of the molecule is Cc1cc2c(cc1C=C1SC(=S)N(c3ccc([N+](=O)[O-])cc3)C1=O)OCO2. The minimum atomic E-state index is -0.490. The summed E-state index contributed by atoms with van der Waals surface area (Å²) in [6.45, 7) is 2.10. The van der Waals surface area contributed by atoms with Crippen LogP contribution in [-0.2, 0) is 4.79 Å². The summed E-state index contributed by atoms with van der Waals surface area (Å²) in [5, 5.41) is 10.8. The standard InChI is InChI=1S/C18H12N2O5S2/c1-10-6-14-15(25-9-24-14)7-11(10)8-16-17(21)19(18(26)27-16)12-2-4-13(5-3-12)20(22)23/h2-8H,9H2,1H3. The summed E-state index contributed by atoms with van der Waals surface area (Å²) in [6, 6.07) is 9.41. The van der Waals surface area contributed by atoms with Gasteiger partial charge in [0.05, 0.1) is 15.5 Å². The largest absolute Gasteiger partial charge is 0.454 e. The van der Waals surface area contributed by atoms with Gasteiger partial charge in [-0.05, 0) is 48.4 Å². The lowest BCUT2D eigenvalue weighted by Crippen LogP contribution is -2.27. The first kappa shape index (κ1) is 17.5. The molecule has 2 aromatic carbocycles. The van der Waals surface area contributed by atoms with E-state index in [4.69, 9.17) is 21.7 Å². The van der Waals surface area contributed by atoms with Crippen LogP contribution in [0.25, 0.3) is 6.08 Å². The number of nitro groups is 1. The van der Waals surface area contributed by atoms with Crippen LogP contribution < -0.4 is 14.4 Å². The summed E-state index contributed by atoms with van der Waals surface area (Å²) in [6.07, 6.45) is 1.77. The second kappa shape index (κ2) is 6.67. The van der Waals surface area contributed by atoms with Gasteiger partial charge in [0.15, 0.2) is 15.8 Å². The highest BCUT2D eigenvalue weighted by Gasteiger charge is 2.33. The topological polar surface area (TPSA) is 81.9 Å². The number of benzene rings is 2. The van der Waals surface area contributed by atoms with E-state index in [1.807, 2.05) is 19.1 Å². The Bertz CT molecular complexity index is 1020. The highest BCUT2D eigenvalue weighted by molar-refractivity contribution is 8.27. The Morgan fingerprint density at radius 3 is 2.56 bits per heavy atom.